The molecule has 2 N–H and O–H groups in total. The molecule has 0 aliphatic carbocycles. The highest BCUT2D eigenvalue weighted by atomic mass is 35.5. The number of anilines is 3. The fourth-order valence-corrected chi connectivity index (χ4v) is 2.87. The second-order valence-corrected chi connectivity index (χ2v) is 6.31. The fraction of sp³-hybridized carbons (Fsp3) is 0.100. The number of ether oxygens (including phenoxy) is 2. The quantitative estimate of drug-likeness (QED) is 0.696. The van der Waals surface area contributed by atoms with Gasteiger partial charge in [-0.1, -0.05) is 17.7 Å². The molecule has 3 aromatic rings. The Kier molecular flexibility index (Phi) is 4.80. The number of benzene rings is 2. The maximum atomic E-state index is 12.4. The van der Waals surface area contributed by atoms with Crippen LogP contribution in [0.4, 0.5) is 17.1 Å². The van der Waals surface area contributed by atoms with E-state index in [9.17, 15) is 4.79 Å². The molecule has 0 fully saturated rings. The summed E-state index contributed by atoms with van der Waals surface area (Å²) in [5, 5.41) is 6.58. The number of nitrogens with one attached hydrogen (secondary N) is 2. The highest BCUT2D eigenvalue weighted by molar-refractivity contribution is 6.30. The summed E-state index contributed by atoms with van der Waals surface area (Å²) < 4.78 is 11.1. The zero-order valence-corrected chi connectivity index (χ0v) is 15.0. The van der Waals surface area contributed by atoms with Crippen molar-refractivity contribution >= 4 is 34.6 Å². The summed E-state index contributed by atoms with van der Waals surface area (Å²) in [5.41, 5.74) is 2.46. The summed E-state index contributed by atoms with van der Waals surface area (Å²) in [6.07, 6.45) is 1.58. The van der Waals surface area contributed by atoms with Crippen LogP contribution in [-0.2, 0) is 0 Å². The van der Waals surface area contributed by atoms with Gasteiger partial charge in [-0.3, -0.25) is 9.78 Å². The molecular weight excluding hydrogens is 366 g/mol. The van der Waals surface area contributed by atoms with Gasteiger partial charge in [0.1, 0.15) is 18.9 Å². The lowest BCUT2D eigenvalue weighted by Gasteiger charge is -2.19. The molecule has 4 rings (SSSR count). The number of pyridine rings is 1. The number of rotatable bonds is 4. The van der Waals surface area contributed by atoms with Crippen LogP contribution in [-0.4, -0.2) is 24.1 Å². The van der Waals surface area contributed by atoms with Crippen molar-refractivity contribution in [1.82, 2.24) is 4.98 Å². The lowest BCUT2D eigenvalue weighted by molar-refractivity contribution is 0.102. The molecule has 0 bridgehead atoms. The molecule has 1 aliphatic rings. The number of hydrogen-bond acceptors (Lipinski definition) is 5. The normalized spacial score (nSPS) is 12.3. The van der Waals surface area contributed by atoms with Crippen molar-refractivity contribution in [2.24, 2.45) is 0 Å². The molecule has 0 radical (unpaired) electrons. The van der Waals surface area contributed by atoms with Crippen molar-refractivity contribution in [2.75, 3.05) is 23.8 Å². The first-order valence-corrected chi connectivity index (χ1v) is 8.75. The Labute approximate surface area is 161 Å². The number of fused-ring (bicyclic) bond motifs is 1. The molecule has 0 spiro atoms. The molecule has 136 valence electrons. The van der Waals surface area contributed by atoms with Gasteiger partial charge in [0.25, 0.3) is 5.91 Å². The van der Waals surface area contributed by atoms with Gasteiger partial charge in [-0.05, 0) is 42.5 Å². The number of halogens is 1. The number of carbonyl (C=O) groups excluding carboxylic acids is 1. The third kappa shape index (κ3) is 4.12. The highest BCUT2D eigenvalue weighted by Gasteiger charge is 2.13. The molecule has 1 aliphatic heterocycles. The van der Waals surface area contributed by atoms with E-state index in [1.165, 1.54) is 0 Å². The maximum Gasteiger partial charge on any atom is 0.274 e. The number of carbonyl (C=O) groups is 1. The molecule has 0 saturated heterocycles. The molecule has 1 aromatic heterocycles. The first kappa shape index (κ1) is 17.2. The van der Waals surface area contributed by atoms with E-state index in [0.29, 0.717) is 29.7 Å². The standard InChI is InChI=1S/C20H16ClN3O3/c21-13-2-1-3-14(10-13)24-20(25)17-11-16(6-7-22-17)23-15-4-5-18-19(12-15)27-9-8-26-18/h1-7,10-12H,8-9H2,(H,22,23)(H,24,25). The Bertz CT molecular complexity index is 994. The zero-order valence-electron chi connectivity index (χ0n) is 14.2. The largest absolute Gasteiger partial charge is 0.486 e. The van der Waals surface area contributed by atoms with E-state index < -0.39 is 0 Å². The van der Waals surface area contributed by atoms with E-state index in [1.54, 1.807) is 42.6 Å². The van der Waals surface area contributed by atoms with Crippen molar-refractivity contribution in [3.63, 3.8) is 0 Å². The minimum atomic E-state index is -0.317. The third-order valence-electron chi connectivity index (χ3n) is 3.91. The third-order valence-corrected chi connectivity index (χ3v) is 4.14. The van der Waals surface area contributed by atoms with Gasteiger partial charge in [0, 0.05) is 34.3 Å². The summed E-state index contributed by atoms with van der Waals surface area (Å²) in [6, 6.07) is 16.0. The number of nitrogens with zero attached hydrogens (tertiary/aromatic N) is 1. The average Bonchev–Trinajstić information content (AvgIpc) is 2.68. The molecule has 0 saturated carbocycles. The van der Waals surface area contributed by atoms with Crippen LogP contribution in [0.2, 0.25) is 5.02 Å². The van der Waals surface area contributed by atoms with Crippen LogP contribution >= 0.6 is 11.6 Å². The molecular formula is C20H16ClN3O3. The maximum absolute atomic E-state index is 12.4. The van der Waals surface area contributed by atoms with Gasteiger partial charge in [0.2, 0.25) is 0 Å². The Balaban J connectivity index is 1.49. The van der Waals surface area contributed by atoms with E-state index in [1.807, 2.05) is 18.2 Å². The predicted octanol–water partition coefficient (Wildman–Crippen LogP) is 4.50. The molecule has 27 heavy (non-hydrogen) atoms. The van der Waals surface area contributed by atoms with Crippen molar-refractivity contribution in [3.8, 4) is 11.5 Å². The van der Waals surface area contributed by atoms with Crippen molar-refractivity contribution in [3.05, 3.63) is 71.5 Å². The second-order valence-electron chi connectivity index (χ2n) is 5.88. The van der Waals surface area contributed by atoms with Crippen LogP contribution in [0, 0.1) is 0 Å². The molecule has 7 heteroatoms. The van der Waals surface area contributed by atoms with Gasteiger partial charge in [-0.15, -0.1) is 0 Å². The van der Waals surface area contributed by atoms with Crippen LogP contribution in [0.15, 0.2) is 60.8 Å². The van der Waals surface area contributed by atoms with Crippen molar-refractivity contribution < 1.29 is 14.3 Å². The summed E-state index contributed by atoms with van der Waals surface area (Å²) in [6.45, 7) is 1.08. The molecule has 2 heterocycles. The molecule has 0 atom stereocenters. The Morgan fingerprint density at radius 2 is 1.74 bits per heavy atom. The zero-order chi connectivity index (χ0) is 18.6. The lowest BCUT2D eigenvalue weighted by atomic mass is 10.2. The minimum absolute atomic E-state index is 0.289. The monoisotopic (exact) mass is 381 g/mol. The Morgan fingerprint density at radius 3 is 2.59 bits per heavy atom. The van der Waals surface area contributed by atoms with E-state index in [0.717, 1.165) is 17.1 Å². The number of aromatic nitrogens is 1. The van der Waals surface area contributed by atoms with E-state index in [4.69, 9.17) is 21.1 Å². The summed E-state index contributed by atoms with van der Waals surface area (Å²) in [4.78, 5) is 16.6. The molecule has 0 unspecified atom stereocenters. The first-order chi connectivity index (χ1) is 13.2. The van der Waals surface area contributed by atoms with Crippen molar-refractivity contribution in [1.29, 1.82) is 0 Å². The van der Waals surface area contributed by atoms with Crippen LogP contribution in [0.5, 0.6) is 11.5 Å². The Hall–Kier alpha value is -3.25. The topological polar surface area (TPSA) is 72.5 Å². The highest BCUT2D eigenvalue weighted by Crippen LogP contribution is 2.33. The van der Waals surface area contributed by atoms with E-state index >= 15 is 0 Å². The SMILES string of the molecule is O=C(Nc1cccc(Cl)c1)c1cc(Nc2ccc3c(c2)OCCO3)ccn1. The predicted molar refractivity (Wildman–Crippen MR) is 104 cm³/mol. The van der Waals surface area contributed by atoms with Gasteiger partial charge in [-0.25, -0.2) is 0 Å². The molecule has 2 aromatic carbocycles. The molecule has 1 amide bonds. The van der Waals surface area contributed by atoms with E-state index in [-0.39, 0.29) is 11.6 Å². The van der Waals surface area contributed by atoms with Gasteiger partial charge in [0.05, 0.1) is 0 Å². The molecule has 6 nitrogen and oxygen atoms in total. The van der Waals surface area contributed by atoms with Crippen LogP contribution in [0.1, 0.15) is 10.5 Å². The summed E-state index contributed by atoms with van der Waals surface area (Å²) >= 11 is 5.94. The average molecular weight is 382 g/mol. The van der Waals surface area contributed by atoms with E-state index in [2.05, 4.69) is 15.6 Å². The van der Waals surface area contributed by atoms with Crippen molar-refractivity contribution in [2.45, 2.75) is 0 Å². The van der Waals surface area contributed by atoms with Gasteiger partial charge < -0.3 is 20.1 Å². The number of hydrogen-bond donors (Lipinski definition) is 2. The van der Waals surface area contributed by atoms with Crippen LogP contribution in [0.3, 0.4) is 0 Å². The van der Waals surface area contributed by atoms with Crippen LogP contribution in [0.25, 0.3) is 0 Å². The smallest absolute Gasteiger partial charge is 0.274 e. The fourth-order valence-electron chi connectivity index (χ4n) is 2.68. The van der Waals surface area contributed by atoms with Gasteiger partial charge in [0.15, 0.2) is 11.5 Å². The number of amides is 1. The summed E-state index contributed by atoms with van der Waals surface area (Å²) in [5.74, 6) is 1.10. The minimum Gasteiger partial charge on any atom is -0.486 e. The van der Waals surface area contributed by atoms with Gasteiger partial charge >= 0.3 is 0 Å². The van der Waals surface area contributed by atoms with Gasteiger partial charge in [-0.2, -0.15) is 0 Å². The lowest BCUT2D eigenvalue weighted by Crippen LogP contribution is -2.15. The first-order valence-electron chi connectivity index (χ1n) is 8.37. The van der Waals surface area contributed by atoms with Crippen LogP contribution < -0.4 is 20.1 Å². The summed E-state index contributed by atoms with van der Waals surface area (Å²) in [7, 11) is 0. The second kappa shape index (κ2) is 7.55. The Morgan fingerprint density at radius 1 is 0.926 bits per heavy atom.